The molecule has 2 aromatic rings. The molecule has 0 aromatic heterocycles. The molecule has 0 aliphatic heterocycles. The number of phenols is 1. The first-order valence-electron chi connectivity index (χ1n) is 6.11. The third kappa shape index (κ3) is 2.33. The predicted octanol–water partition coefficient (Wildman–Crippen LogP) is 4.57. The van der Waals surface area contributed by atoms with Gasteiger partial charge in [0.25, 0.3) is 0 Å². The number of hydrogen-bond donors (Lipinski definition) is 1. The van der Waals surface area contributed by atoms with Crippen LogP contribution in [0.4, 0.5) is 0 Å². The van der Waals surface area contributed by atoms with Crippen molar-refractivity contribution in [3.8, 4) is 16.9 Å². The average molecular weight is 226 g/mol. The first kappa shape index (κ1) is 11.7. The summed E-state index contributed by atoms with van der Waals surface area (Å²) in [5.74, 6) is 0.825. The Morgan fingerprint density at radius 1 is 1.00 bits per heavy atom. The van der Waals surface area contributed by atoms with Gasteiger partial charge in [0.2, 0.25) is 0 Å². The van der Waals surface area contributed by atoms with Gasteiger partial charge < -0.3 is 5.11 Å². The van der Waals surface area contributed by atoms with Crippen LogP contribution in [0.15, 0.2) is 48.5 Å². The fourth-order valence-electron chi connectivity index (χ4n) is 2.11. The highest BCUT2D eigenvalue weighted by molar-refractivity contribution is 5.74. The van der Waals surface area contributed by atoms with E-state index in [4.69, 9.17) is 0 Å². The molecule has 88 valence electrons. The van der Waals surface area contributed by atoms with Gasteiger partial charge in [-0.3, -0.25) is 0 Å². The van der Waals surface area contributed by atoms with Gasteiger partial charge in [0.05, 0.1) is 0 Å². The fourth-order valence-corrected chi connectivity index (χ4v) is 2.11. The van der Waals surface area contributed by atoms with Gasteiger partial charge in [-0.1, -0.05) is 56.3 Å². The SMILES string of the molecule is CCC(C)c1cccc(O)c1-c1ccccc1. The predicted molar refractivity (Wildman–Crippen MR) is 72.2 cm³/mol. The molecule has 1 heteroatoms. The summed E-state index contributed by atoms with van der Waals surface area (Å²) in [6, 6.07) is 15.9. The molecule has 0 fully saturated rings. The maximum atomic E-state index is 10.1. The molecule has 1 unspecified atom stereocenters. The summed E-state index contributed by atoms with van der Waals surface area (Å²) in [5.41, 5.74) is 3.28. The Hall–Kier alpha value is -1.76. The van der Waals surface area contributed by atoms with Crippen LogP contribution in [0.3, 0.4) is 0 Å². The van der Waals surface area contributed by atoms with E-state index in [1.807, 2.05) is 36.4 Å². The molecule has 0 bridgehead atoms. The van der Waals surface area contributed by atoms with Crippen molar-refractivity contribution in [2.45, 2.75) is 26.2 Å². The summed E-state index contributed by atoms with van der Waals surface area (Å²) in [6.45, 7) is 4.37. The Labute approximate surface area is 103 Å². The lowest BCUT2D eigenvalue weighted by Crippen LogP contribution is -1.95. The molecule has 0 amide bonds. The first-order valence-corrected chi connectivity index (χ1v) is 6.11. The maximum absolute atomic E-state index is 10.1. The Kier molecular flexibility index (Phi) is 3.48. The minimum absolute atomic E-state index is 0.369. The normalized spacial score (nSPS) is 12.4. The highest BCUT2D eigenvalue weighted by Gasteiger charge is 2.13. The van der Waals surface area contributed by atoms with E-state index >= 15 is 0 Å². The molecule has 0 saturated carbocycles. The van der Waals surface area contributed by atoms with Crippen molar-refractivity contribution in [3.63, 3.8) is 0 Å². The highest BCUT2D eigenvalue weighted by atomic mass is 16.3. The fraction of sp³-hybridized carbons (Fsp3) is 0.250. The van der Waals surface area contributed by atoms with Gasteiger partial charge in [0.15, 0.2) is 0 Å². The molecule has 1 atom stereocenters. The minimum atomic E-state index is 0.369. The molecule has 0 aliphatic rings. The molecule has 0 saturated heterocycles. The monoisotopic (exact) mass is 226 g/mol. The van der Waals surface area contributed by atoms with Crippen molar-refractivity contribution in [2.75, 3.05) is 0 Å². The van der Waals surface area contributed by atoms with E-state index in [1.54, 1.807) is 6.07 Å². The van der Waals surface area contributed by atoms with Crippen LogP contribution in [0, 0.1) is 0 Å². The molecular weight excluding hydrogens is 208 g/mol. The van der Waals surface area contributed by atoms with Crippen molar-refractivity contribution in [3.05, 3.63) is 54.1 Å². The third-order valence-corrected chi connectivity index (χ3v) is 3.28. The summed E-state index contributed by atoms with van der Waals surface area (Å²) < 4.78 is 0. The zero-order chi connectivity index (χ0) is 12.3. The van der Waals surface area contributed by atoms with Crippen molar-refractivity contribution in [2.24, 2.45) is 0 Å². The summed E-state index contributed by atoms with van der Waals surface area (Å²) >= 11 is 0. The second-order valence-corrected chi connectivity index (χ2v) is 4.42. The topological polar surface area (TPSA) is 20.2 Å². The third-order valence-electron chi connectivity index (χ3n) is 3.28. The van der Waals surface area contributed by atoms with E-state index in [2.05, 4.69) is 19.9 Å². The summed E-state index contributed by atoms with van der Waals surface area (Å²) in [6.07, 6.45) is 1.07. The number of benzene rings is 2. The van der Waals surface area contributed by atoms with Crippen LogP contribution in [0.25, 0.3) is 11.1 Å². The smallest absolute Gasteiger partial charge is 0.123 e. The molecule has 1 nitrogen and oxygen atoms in total. The zero-order valence-electron chi connectivity index (χ0n) is 10.4. The average Bonchev–Trinajstić information content (AvgIpc) is 2.38. The van der Waals surface area contributed by atoms with E-state index in [0.717, 1.165) is 17.5 Å². The van der Waals surface area contributed by atoms with E-state index in [-0.39, 0.29) is 0 Å². The molecule has 17 heavy (non-hydrogen) atoms. The Morgan fingerprint density at radius 2 is 1.71 bits per heavy atom. The largest absolute Gasteiger partial charge is 0.507 e. The zero-order valence-corrected chi connectivity index (χ0v) is 10.4. The van der Waals surface area contributed by atoms with Crippen LogP contribution >= 0.6 is 0 Å². The highest BCUT2D eigenvalue weighted by Crippen LogP contribution is 2.37. The number of aromatic hydroxyl groups is 1. The van der Waals surface area contributed by atoms with Crippen molar-refractivity contribution >= 4 is 0 Å². The molecule has 2 rings (SSSR count). The second kappa shape index (κ2) is 5.05. The molecule has 0 aliphatic carbocycles. The standard InChI is InChI=1S/C16H18O/c1-3-12(2)14-10-7-11-15(17)16(14)13-8-5-4-6-9-13/h4-12,17H,3H2,1-2H3. The van der Waals surface area contributed by atoms with E-state index < -0.39 is 0 Å². The van der Waals surface area contributed by atoms with Crippen LogP contribution in [0.1, 0.15) is 31.7 Å². The van der Waals surface area contributed by atoms with E-state index in [0.29, 0.717) is 11.7 Å². The van der Waals surface area contributed by atoms with Crippen molar-refractivity contribution in [1.29, 1.82) is 0 Å². The summed E-state index contributed by atoms with van der Waals surface area (Å²) in [4.78, 5) is 0. The molecule has 0 heterocycles. The lowest BCUT2D eigenvalue weighted by atomic mass is 9.89. The van der Waals surface area contributed by atoms with Gasteiger partial charge >= 0.3 is 0 Å². The molecular formula is C16H18O. The summed E-state index contributed by atoms with van der Waals surface area (Å²) in [7, 11) is 0. The Bertz CT molecular complexity index is 488. The van der Waals surface area contributed by atoms with Crippen LogP contribution in [0.2, 0.25) is 0 Å². The van der Waals surface area contributed by atoms with E-state index in [1.165, 1.54) is 5.56 Å². The quantitative estimate of drug-likeness (QED) is 0.812. The first-order chi connectivity index (χ1) is 8.24. The van der Waals surface area contributed by atoms with E-state index in [9.17, 15) is 5.11 Å². The van der Waals surface area contributed by atoms with Gasteiger partial charge in [-0.15, -0.1) is 0 Å². The summed E-state index contributed by atoms with van der Waals surface area (Å²) in [5, 5.41) is 10.1. The second-order valence-electron chi connectivity index (χ2n) is 4.42. The Morgan fingerprint density at radius 3 is 2.35 bits per heavy atom. The number of rotatable bonds is 3. The van der Waals surface area contributed by atoms with Crippen LogP contribution in [-0.4, -0.2) is 5.11 Å². The number of hydrogen-bond acceptors (Lipinski definition) is 1. The van der Waals surface area contributed by atoms with Crippen molar-refractivity contribution in [1.82, 2.24) is 0 Å². The minimum Gasteiger partial charge on any atom is -0.507 e. The molecule has 0 radical (unpaired) electrons. The number of phenolic OH excluding ortho intramolecular Hbond substituents is 1. The lowest BCUT2D eigenvalue weighted by molar-refractivity contribution is 0.476. The van der Waals surface area contributed by atoms with Gasteiger partial charge in [-0.25, -0.2) is 0 Å². The van der Waals surface area contributed by atoms with Gasteiger partial charge in [-0.2, -0.15) is 0 Å². The molecule has 2 aromatic carbocycles. The van der Waals surface area contributed by atoms with Gasteiger partial charge in [0, 0.05) is 5.56 Å². The Balaban J connectivity index is 2.59. The van der Waals surface area contributed by atoms with Gasteiger partial charge in [-0.05, 0) is 29.5 Å². The van der Waals surface area contributed by atoms with Crippen molar-refractivity contribution < 1.29 is 5.11 Å². The van der Waals surface area contributed by atoms with Crippen LogP contribution in [0.5, 0.6) is 5.75 Å². The van der Waals surface area contributed by atoms with Gasteiger partial charge in [0.1, 0.15) is 5.75 Å². The van der Waals surface area contributed by atoms with Crippen LogP contribution in [-0.2, 0) is 0 Å². The van der Waals surface area contributed by atoms with Crippen LogP contribution < -0.4 is 0 Å². The maximum Gasteiger partial charge on any atom is 0.123 e. The lowest BCUT2D eigenvalue weighted by Gasteiger charge is -2.16. The molecule has 1 N–H and O–H groups in total. The molecule has 0 spiro atoms.